The fourth-order valence-corrected chi connectivity index (χ4v) is 2.06. The molecule has 1 unspecified atom stereocenters. The maximum absolute atomic E-state index is 11.9. The number of carbonyl (C=O) groups excluding carboxylic acids is 1. The van der Waals surface area contributed by atoms with E-state index in [0.29, 0.717) is 18.0 Å². The number of carboxylic acid groups (broad SMARTS) is 1. The maximum atomic E-state index is 11.9. The van der Waals surface area contributed by atoms with Crippen LogP contribution in [0, 0.1) is 5.92 Å². The molecule has 2 rings (SSSR count). The highest BCUT2D eigenvalue weighted by Gasteiger charge is 2.36. The Labute approximate surface area is 105 Å². The monoisotopic (exact) mass is 249 g/mol. The molecular formula is C13H15NO4. The first kappa shape index (κ1) is 12.4. The number of aliphatic carboxylic acids is 1. The number of hydrogen-bond acceptors (Lipinski definition) is 3. The van der Waals surface area contributed by atoms with Gasteiger partial charge in [-0.2, -0.15) is 0 Å². The molecule has 1 aliphatic heterocycles. The molecule has 5 nitrogen and oxygen atoms in total. The molecule has 1 aromatic rings. The van der Waals surface area contributed by atoms with Crippen molar-refractivity contribution < 1.29 is 19.4 Å². The lowest BCUT2D eigenvalue weighted by Gasteiger charge is -2.19. The van der Waals surface area contributed by atoms with Gasteiger partial charge in [0.1, 0.15) is 5.75 Å². The Morgan fingerprint density at radius 1 is 1.50 bits per heavy atom. The standard InChI is InChI=1S/C13H15NO4/c1-2-18-11-6-4-3-5-10(11)14-8-9(13(16)17)7-12(14)15/h3-6,9H,2,7-8H2,1H3,(H,16,17). The van der Waals surface area contributed by atoms with Crippen LogP contribution in [0.4, 0.5) is 5.69 Å². The number of hydrogen-bond donors (Lipinski definition) is 1. The molecule has 1 N–H and O–H groups in total. The molecule has 1 fully saturated rings. The fraction of sp³-hybridized carbons (Fsp3) is 0.385. The fourth-order valence-electron chi connectivity index (χ4n) is 2.06. The third-order valence-electron chi connectivity index (χ3n) is 2.93. The minimum Gasteiger partial charge on any atom is -0.492 e. The average Bonchev–Trinajstić information content (AvgIpc) is 2.73. The first-order valence-electron chi connectivity index (χ1n) is 5.88. The molecule has 0 spiro atoms. The van der Waals surface area contributed by atoms with Crippen LogP contribution in [0.1, 0.15) is 13.3 Å². The summed E-state index contributed by atoms with van der Waals surface area (Å²) in [6.07, 6.45) is 0.0514. The van der Waals surface area contributed by atoms with Crippen molar-refractivity contribution in [2.75, 3.05) is 18.1 Å². The van der Waals surface area contributed by atoms with Crippen LogP contribution in [-0.4, -0.2) is 30.1 Å². The number of anilines is 1. The predicted octanol–water partition coefficient (Wildman–Crippen LogP) is 1.52. The zero-order valence-electron chi connectivity index (χ0n) is 10.1. The summed E-state index contributed by atoms with van der Waals surface area (Å²) in [6, 6.07) is 7.18. The van der Waals surface area contributed by atoms with Gasteiger partial charge >= 0.3 is 5.97 Å². The highest BCUT2D eigenvalue weighted by molar-refractivity contribution is 6.00. The summed E-state index contributed by atoms with van der Waals surface area (Å²) in [4.78, 5) is 24.3. The predicted molar refractivity (Wildman–Crippen MR) is 65.7 cm³/mol. The van der Waals surface area contributed by atoms with Crippen molar-refractivity contribution in [3.63, 3.8) is 0 Å². The van der Waals surface area contributed by atoms with Crippen LogP contribution in [0.3, 0.4) is 0 Å². The number of benzene rings is 1. The Morgan fingerprint density at radius 2 is 2.22 bits per heavy atom. The zero-order chi connectivity index (χ0) is 13.1. The van der Waals surface area contributed by atoms with Crippen molar-refractivity contribution >= 4 is 17.6 Å². The first-order chi connectivity index (χ1) is 8.63. The summed E-state index contributed by atoms with van der Waals surface area (Å²) in [5, 5.41) is 8.96. The van der Waals surface area contributed by atoms with Gasteiger partial charge in [-0.05, 0) is 19.1 Å². The van der Waals surface area contributed by atoms with Gasteiger partial charge in [-0.15, -0.1) is 0 Å². The summed E-state index contributed by atoms with van der Waals surface area (Å²) in [5.74, 6) is -1.12. The number of ether oxygens (including phenoxy) is 1. The average molecular weight is 249 g/mol. The smallest absolute Gasteiger partial charge is 0.308 e. The van der Waals surface area contributed by atoms with E-state index < -0.39 is 11.9 Å². The third kappa shape index (κ3) is 2.30. The summed E-state index contributed by atoms with van der Waals surface area (Å²) >= 11 is 0. The van der Waals surface area contributed by atoms with Crippen molar-refractivity contribution in [1.82, 2.24) is 0 Å². The molecule has 1 atom stereocenters. The van der Waals surface area contributed by atoms with E-state index in [1.54, 1.807) is 18.2 Å². The molecule has 0 bridgehead atoms. The van der Waals surface area contributed by atoms with Gasteiger partial charge < -0.3 is 14.7 Å². The number of para-hydroxylation sites is 2. The third-order valence-corrected chi connectivity index (χ3v) is 2.93. The van der Waals surface area contributed by atoms with Gasteiger partial charge in [0, 0.05) is 13.0 Å². The van der Waals surface area contributed by atoms with Gasteiger partial charge in [-0.3, -0.25) is 9.59 Å². The van der Waals surface area contributed by atoms with E-state index in [9.17, 15) is 9.59 Å². The van der Waals surface area contributed by atoms with Gasteiger partial charge in [0.25, 0.3) is 0 Å². The van der Waals surface area contributed by atoms with Crippen LogP contribution in [-0.2, 0) is 9.59 Å². The molecule has 0 aliphatic carbocycles. The van der Waals surface area contributed by atoms with Crippen molar-refractivity contribution in [3.8, 4) is 5.75 Å². The molecular weight excluding hydrogens is 234 g/mol. The SMILES string of the molecule is CCOc1ccccc1N1CC(C(=O)O)CC1=O. The second-order valence-corrected chi connectivity index (χ2v) is 4.14. The maximum Gasteiger partial charge on any atom is 0.308 e. The minimum atomic E-state index is -0.931. The van der Waals surface area contributed by atoms with Crippen LogP contribution in [0.25, 0.3) is 0 Å². The van der Waals surface area contributed by atoms with Crippen LogP contribution >= 0.6 is 0 Å². The van der Waals surface area contributed by atoms with Crippen LogP contribution in [0.2, 0.25) is 0 Å². The number of nitrogens with zero attached hydrogens (tertiary/aromatic N) is 1. The van der Waals surface area contributed by atoms with Crippen molar-refractivity contribution in [1.29, 1.82) is 0 Å². The number of carbonyl (C=O) groups is 2. The highest BCUT2D eigenvalue weighted by Crippen LogP contribution is 2.32. The number of carboxylic acids is 1. The molecule has 5 heteroatoms. The molecule has 1 aromatic carbocycles. The van der Waals surface area contributed by atoms with Gasteiger partial charge in [0.05, 0.1) is 18.2 Å². The van der Waals surface area contributed by atoms with Gasteiger partial charge in [0.2, 0.25) is 5.91 Å². The van der Waals surface area contributed by atoms with E-state index >= 15 is 0 Å². The molecule has 0 aromatic heterocycles. The number of rotatable bonds is 4. The summed E-state index contributed by atoms with van der Waals surface area (Å²) in [7, 11) is 0. The molecule has 1 heterocycles. The second kappa shape index (κ2) is 5.08. The van der Waals surface area contributed by atoms with E-state index in [0.717, 1.165) is 0 Å². The lowest BCUT2D eigenvalue weighted by atomic mass is 10.1. The Balaban J connectivity index is 2.26. The van der Waals surface area contributed by atoms with Crippen molar-refractivity contribution in [2.24, 2.45) is 5.92 Å². The molecule has 0 radical (unpaired) electrons. The highest BCUT2D eigenvalue weighted by atomic mass is 16.5. The van der Waals surface area contributed by atoms with Gasteiger partial charge in [0.15, 0.2) is 0 Å². The van der Waals surface area contributed by atoms with Crippen LogP contribution in [0.15, 0.2) is 24.3 Å². The Hall–Kier alpha value is -2.04. The van der Waals surface area contributed by atoms with Crippen LogP contribution < -0.4 is 9.64 Å². The summed E-state index contributed by atoms with van der Waals surface area (Å²) in [5.41, 5.74) is 0.646. The van der Waals surface area contributed by atoms with Gasteiger partial charge in [-0.25, -0.2) is 0 Å². The van der Waals surface area contributed by atoms with E-state index in [2.05, 4.69) is 0 Å². The molecule has 0 saturated carbocycles. The minimum absolute atomic E-state index is 0.0514. The Bertz CT molecular complexity index is 472. The van der Waals surface area contributed by atoms with Crippen LogP contribution in [0.5, 0.6) is 5.75 Å². The molecule has 18 heavy (non-hydrogen) atoms. The topological polar surface area (TPSA) is 66.8 Å². The summed E-state index contributed by atoms with van der Waals surface area (Å²) < 4.78 is 5.45. The van der Waals surface area contributed by atoms with E-state index in [1.807, 2.05) is 13.0 Å². The quantitative estimate of drug-likeness (QED) is 0.878. The largest absolute Gasteiger partial charge is 0.492 e. The molecule has 1 aliphatic rings. The lowest BCUT2D eigenvalue weighted by molar-refractivity contribution is -0.141. The second-order valence-electron chi connectivity index (χ2n) is 4.14. The van der Waals surface area contributed by atoms with E-state index in [4.69, 9.17) is 9.84 Å². The van der Waals surface area contributed by atoms with Crippen molar-refractivity contribution in [2.45, 2.75) is 13.3 Å². The van der Waals surface area contributed by atoms with E-state index in [-0.39, 0.29) is 18.9 Å². The normalized spacial score (nSPS) is 19.1. The number of amides is 1. The van der Waals surface area contributed by atoms with E-state index in [1.165, 1.54) is 4.90 Å². The molecule has 1 saturated heterocycles. The molecule has 1 amide bonds. The summed E-state index contributed by atoms with van der Waals surface area (Å²) in [6.45, 7) is 2.57. The van der Waals surface area contributed by atoms with Gasteiger partial charge in [-0.1, -0.05) is 12.1 Å². The first-order valence-corrected chi connectivity index (χ1v) is 5.88. The Kier molecular flexibility index (Phi) is 3.50. The molecule has 96 valence electrons. The zero-order valence-corrected chi connectivity index (χ0v) is 10.1. The van der Waals surface area contributed by atoms with Crippen molar-refractivity contribution in [3.05, 3.63) is 24.3 Å². The Morgan fingerprint density at radius 3 is 2.83 bits per heavy atom. The lowest BCUT2D eigenvalue weighted by Crippen LogP contribution is -2.26.